The van der Waals surface area contributed by atoms with Crippen LogP contribution in [0.1, 0.15) is 21.5 Å². The van der Waals surface area contributed by atoms with Crippen molar-refractivity contribution in [2.45, 2.75) is 13.3 Å². The van der Waals surface area contributed by atoms with Gasteiger partial charge in [0.2, 0.25) is 0 Å². The molecule has 0 aliphatic carbocycles. The maximum absolute atomic E-state index is 13.5. The lowest BCUT2D eigenvalue weighted by atomic mass is 10.1. The smallest absolute Gasteiger partial charge is 0.255 e. The lowest BCUT2D eigenvalue weighted by Gasteiger charge is -2.13. The molecule has 0 spiro atoms. The number of Topliss-reactive ketones (excluding diaryl/α,β-unsaturated/α-hetero) is 1. The Bertz CT molecular complexity index is 1380. The average Bonchev–Trinajstić information content (AvgIpc) is 2.82. The second-order valence-corrected chi connectivity index (χ2v) is 7.74. The number of aromatic nitrogens is 1. The minimum atomic E-state index is -0.511. The SMILES string of the molecule is Cc1c(O)cc(CC(=O)COc2ccc(NC(=O)c3cccc(F)c3)c3cccnc23)cc1O. The van der Waals surface area contributed by atoms with Gasteiger partial charge in [-0.25, -0.2) is 4.39 Å². The minimum absolute atomic E-state index is 0.0332. The summed E-state index contributed by atoms with van der Waals surface area (Å²) < 4.78 is 19.2. The number of halogens is 1. The molecule has 0 aliphatic heterocycles. The van der Waals surface area contributed by atoms with Gasteiger partial charge in [0.1, 0.15) is 35.2 Å². The third kappa shape index (κ3) is 4.96. The summed E-state index contributed by atoms with van der Waals surface area (Å²) in [6.45, 7) is 1.32. The van der Waals surface area contributed by atoms with E-state index in [-0.39, 0.29) is 35.9 Å². The number of carbonyl (C=O) groups is 2. The number of nitrogens with one attached hydrogen (secondary N) is 1. The lowest BCUT2D eigenvalue weighted by Crippen LogP contribution is -2.15. The minimum Gasteiger partial charge on any atom is -0.508 e. The highest BCUT2D eigenvalue weighted by Crippen LogP contribution is 2.31. The van der Waals surface area contributed by atoms with Crippen molar-refractivity contribution in [1.82, 2.24) is 4.98 Å². The molecule has 0 fully saturated rings. The summed E-state index contributed by atoms with van der Waals surface area (Å²) in [4.78, 5) is 29.3. The Morgan fingerprint density at radius 3 is 2.53 bits per heavy atom. The van der Waals surface area contributed by atoms with Gasteiger partial charge in [0, 0.05) is 29.1 Å². The number of ether oxygens (including phenoxy) is 1. The zero-order valence-corrected chi connectivity index (χ0v) is 18.2. The molecule has 0 unspecified atom stereocenters. The number of nitrogens with zero attached hydrogens (tertiary/aromatic N) is 1. The molecule has 7 nitrogen and oxygen atoms in total. The van der Waals surface area contributed by atoms with Crippen LogP contribution >= 0.6 is 0 Å². The van der Waals surface area contributed by atoms with Gasteiger partial charge in [0.15, 0.2) is 5.78 Å². The van der Waals surface area contributed by atoms with Crippen LogP contribution < -0.4 is 10.1 Å². The van der Waals surface area contributed by atoms with Gasteiger partial charge in [0.25, 0.3) is 5.91 Å². The molecule has 0 saturated carbocycles. The molecule has 0 aliphatic rings. The molecule has 3 N–H and O–H groups in total. The highest BCUT2D eigenvalue weighted by Gasteiger charge is 2.14. The molecule has 1 aromatic heterocycles. The van der Waals surface area contributed by atoms with Gasteiger partial charge >= 0.3 is 0 Å². The quantitative estimate of drug-likeness (QED) is 0.374. The summed E-state index contributed by atoms with van der Waals surface area (Å²) in [6.07, 6.45) is 1.53. The number of amides is 1. The number of carbonyl (C=O) groups excluding carboxylic acids is 2. The third-order valence-corrected chi connectivity index (χ3v) is 5.27. The standard InChI is InChI=1S/C26H21FN2O5/c1-15-22(31)11-16(12-23(15)32)10-19(30)14-34-24-8-7-21(20-6-3-9-28-25(20)24)29-26(33)17-4-2-5-18(27)13-17/h2-9,11-13,31-32H,10,14H2,1H3,(H,29,33). The van der Waals surface area contributed by atoms with E-state index in [0.29, 0.717) is 33.5 Å². The van der Waals surface area contributed by atoms with Gasteiger partial charge in [-0.3, -0.25) is 14.6 Å². The molecule has 0 atom stereocenters. The summed E-state index contributed by atoms with van der Waals surface area (Å²) in [5, 5.41) is 23.0. The highest BCUT2D eigenvalue weighted by atomic mass is 19.1. The van der Waals surface area contributed by atoms with Crippen molar-refractivity contribution in [1.29, 1.82) is 0 Å². The van der Waals surface area contributed by atoms with Crippen molar-refractivity contribution in [3.05, 3.63) is 89.4 Å². The summed E-state index contributed by atoms with van der Waals surface area (Å²) >= 11 is 0. The van der Waals surface area contributed by atoms with Crippen LogP contribution in [0.15, 0.2) is 66.9 Å². The first-order valence-electron chi connectivity index (χ1n) is 10.4. The monoisotopic (exact) mass is 460 g/mol. The molecule has 1 amide bonds. The lowest BCUT2D eigenvalue weighted by molar-refractivity contribution is -0.120. The van der Waals surface area contributed by atoms with Crippen LogP contribution in [-0.2, 0) is 11.2 Å². The fraction of sp³-hybridized carbons (Fsp3) is 0.115. The van der Waals surface area contributed by atoms with Gasteiger partial charge in [-0.05, 0) is 67.1 Å². The first kappa shape index (κ1) is 22.7. The zero-order valence-electron chi connectivity index (χ0n) is 18.2. The first-order valence-corrected chi connectivity index (χ1v) is 10.4. The van der Waals surface area contributed by atoms with Gasteiger partial charge in [-0.15, -0.1) is 0 Å². The Hall–Kier alpha value is -4.46. The number of aromatic hydroxyl groups is 2. The van der Waals surface area contributed by atoms with E-state index < -0.39 is 11.7 Å². The number of hydrogen-bond donors (Lipinski definition) is 3. The fourth-order valence-corrected chi connectivity index (χ4v) is 3.48. The van der Waals surface area contributed by atoms with Crippen LogP contribution in [0.3, 0.4) is 0 Å². The van der Waals surface area contributed by atoms with Crippen molar-refractivity contribution >= 4 is 28.3 Å². The van der Waals surface area contributed by atoms with E-state index in [1.807, 2.05) is 0 Å². The molecule has 0 radical (unpaired) electrons. The molecule has 3 aromatic carbocycles. The van der Waals surface area contributed by atoms with Crippen molar-refractivity contribution in [2.24, 2.45) is 0 Å². The molecule has 1 heterocycles. The summed E-state index contributed by atoms with van der Waals surface area (Å²) in [5.74, 6) is -1.08. The average molecular weight is 460 g/mol. The Morgan fingerprint density at radius 1 is 1.03 bits per heavy atom. The number of ketones is 1. The normalized spacial score (nSPS) is 10.8. The summed E-state index contributed by atoms with van der Waals surface area (Å²) in [5.41, 5.74) is 1.89. The molecular weight excluding hydrogens is 439 g/mol. The van der Waals surface area contributed by atoms with E-state index in [9.17, 15) is 24.2 Å². The van der Waals surface area contributed by atoms with Crippen molar-refractivity contribution in [3.8, 4) is 17.2 Å². The molecule has 4 rings (SSSR count). The van der Waals surface area contributed by atoms with E-state index in [1.54, 1.807) is 37.4 Å². The fourth-order valence-electron chi connectivity index (χ4n) is 3.48. The van der Waals surface area contributed by atoms with E-state index in [0.717, 1.165) is 6.07 Å². The van der Waals surface area contributed by atoms with Crippen molar-refractivity contribution in [3.63, 3.8) is 0 Å². The van der Waals surface area contributed by atoms with Crippen LogP contribution in [-0.4, -0.2) is 33.5 Å². The Kier molecular flexibility index (Phi) is 6.40. The molecule has 8 heteroatoms. The van der Waals surface area contributed by atoms with Gasteiger partial charge in [0.05, 0.1) is 5.69 Å². The number of rotatable bonds is 7. The predicted octanol–water partition coefficient (Wildman–Crippen LogP) is 4.54. The number of anilines is 1. The van der Waals surface area contributed by atoms with E-state index >= 15 is 0 Å². The number of benzene rings is 3. The molecule has 172 valence electrons. The van der Waals surface area contributed by atoms with Gasteiger partial charge in [-0.2, -0.15) is 0 Å². The number of phenols is 2. The number of hydrogen-bond acceptors (Lipinski definition) is 6. The Labute approximate surface area is 194 Å². The third-order valence-electron chi connectivity index (χ3n) is 5.27. The maximum atomic E-state index is 13.5. The van der Waals surface area contributed by atoms with Crippen LogP contribution in [0.5, 0.6) is 17.2 Å². The first-order chi connectivity index (χ1) is 16.3. The Balaban J connectivity index is 1.50. The molecule has 0 saturated heterocycles. The van der Waals surface area contributed by atoms with Crippen molar-refractivity contribution < 1.29 is 28.9 Å². The molecule has 0 bridgehead atoms. The van der Waals surface area contributed by atoms with E-state index in [4.69, 9.17) is 4.74 Å². The Morgan fingerprint density at radius 2 is 1.79 bits per heavy atom. The van der Waals surface area contributed by atoms with Crippen LogP contribution in [0.2, 0.25) is 0 Å². The molecule has 34 heavy (non-hydrogen) atoms. The van der Waals surface area contributed by atoms with Crippen LogP contribution in [0.4, 0.5) is 10.1 Å². The highest BCUT2D eigenvalue weighted by molar-refractivity contribution is 6.09. The van der Waals surface area contributed by atoms with Gasteiger partial charge in [-0.1, -0.05) is 6.07 Å². The summed E-state index contributed by atoms with van der Waals surface area (Å²) in [6, 6.07) is 14.9. The van der Waals surface area contributed by atoms with E-state index in [2.05, 4.69) is 10.3 Å². The zero-order chi connectivity index (χ0) is 24.2. The predicted molar refractivity (Wildman–Crippen MR) is 125 cm³/mol. The van der Waals surface area contributed by atoms with E-state index in [1.165, 1.54) is 30.3 Å². The molecular formula is C26H21FN2O5. The second-order valence-electron chi connectivity index (χ2n) is 7.74. The van der Waals surface area contributed by atoms with Crippen LogP contribution in [0, 0.1) is 12.7 Å². The topological polar surface area (TPSA) is 109 Å². The van der Waals surface area contributed by atoms with Crippen molar-refractivity contribution in [2.75, 3.05) is 11.9 Å². The summed E-state index contributed by atoms with van der Waals surface area (Å²) in [7, 11) is 0. The number of fused-ring (bicyclic) bond motifs is 1. The second kappa shape index (κ2) is 9.58. The molecule has 4 aromatic rings. The number of pyridine rings is 1. The van der Waals surface area contributed by atoms with Gasteiger partial charge < -0.3 is 20.3 Å². The largest absolute Gasteiger partial charge is 0.508 e. The number of phenolic OH excluding ortho intramolecular Hbond substituents is 2. The van der Waals surface area contributed by atoms with Crippen LogP contribution in [0.25, 0.3) is 10.9 Å². The maximum Gasteiger partial charge on any atom is 0.255 e.